The number of nitrogens with one attached hydrogen (secondary N) is 2. The van der Waals surface area contributed by atoms with E-state index < -0.39 is 0 Å². The van der Waals surface area contributed by atoms with Gasteiger partial charge in [-0.1, -0.05) is 0 Å². The minimum absolute atomic E-state index is 0.670. The number of benzene rings is 1. The first-order chi connectivity index (χ1) is 15.3. The first kappa shape index (κ1) is 21.9. The Bertz CT molecular complexity index is 866. The van der Waals surface area contributed by atoms with Gasteiger partial charge in [0.15, 0.2) is 17.5 Å². The Balaban J connectivity index is 1.32. The highest BCUT2D eigenvalue weighted by Crippen LogP contribution is 2.32. The molecule has 1 aliphatic heterocycles. The predicted octanol–water partition coefficient (Wildman–Crippen LogP) is 4.03. The normalized spacial score (nSPS) is 16.1. The molecular formula is C23H32N4O3S. The van der Waals surface area contributed by atoms with Crippen molar-refractivity contribution in [3.8, 4) is 11.5 Å². The summed E-state index contributed by atoms with van der Waals surface area (Å²) in [7, 11) is 0. The van der Waals surface area contributed by atoms with E-state index in [2.05, 4.69) is 21.0 Å². The van der Waals surface area contributed by atoms with Crippen LogP contribution in [0.2, 0.25) is 0 Å². The number of thiazole rings is 1. The molecule has 2 aliphatic rings. The van der Waals surface area contributed by atoms with Gasteiger partial charge in [-0.2, -0.15) is 0 Å². The molecule has 0 unspecified atom stereocenters. The van der Waals surface area contributed by atoms with Crippen LogP contribution in [-0.2, 0) is 11.2 Å². The molecule has 0 amide bonds. The molecule has 31 heavy (non-hydrogen) atoms. The lowest BCUT2D eigenvalue weighted by Gasteiger charge is -2.14. The third-order valence-corrected chi connectivity index (χ3v) is 5.94. The zero-order valence-electron chi connectivity index (χ0n) is 18.2. The van der Waals surface area contributed by atoms with Gasteiger partial charge < -0.3 is 24.8 Å². The highest BCUT2D eigenvalue weighted by molar-refractivity contribution is 7.09. The SMILES string of the molecule is Cc1nc(CCNC(=NCCCOCC2CC2)Nc2ccc3c(c2)OCCCO3)cs1. The Labute approximate surface area is 188 Å². The highest BCUT2D eigenvalue weighted by Gasteiger charge is 2.20. The number of rotatable bonds is 10. The predicted molar refractivity (Wildman–Crippen MR) is 125 cm³/mol. The monoisotopic (exact) mass is 444 g/mol. The molecule has 1 saturated carbocycles. The van der Waals surface area contributed by atoms with Gasteiger partial charge in [-0.25, -0.2) is 4.98 Å². The Kier molecular flexibility index (Phi) is 8.01. The number of aryl methyl sites for hydroxylation is 1. The van der Waals surface area contributed by atoms with Gasteiger partial charge in [0.05, 0.1) is 23.9 Å². The van der Waals surface area contributed by atoms with Crippen LogP contribution in [0, 0.1) is 12.8 Å². The van der Waals surface area contributed by atoms with E-state index in [0.29, 0.717) is 19.8 Å². The van der Waals surface area contributed by atoms with Gasteiger partial charge in [-0.05, 0) is 44.2 Å². The van der Waals surface area contributed by atoms with Crippen molar-refractivity contribution in [3.63, 3.8) is 0 Å². The summed E-state index contributed by atoms with van der Waals surface area (Å²) in [6.07, 6.45) is 5.31. The molecule has 2 N–H and O–H groups in total. The van der Waals surface area contributed by atoms with Crippen LogP contribution in [0.5, 0.6) is 11.5 Å². The maximum absolute atomic E-state index is 5.81. The van der Waals surface area contributed by atoms with Crippen LogP contribution in [0.4, 0.5) is 5.69 Å². The number of hydrogen-bond acceptors (Lipinski definition) is 6. The molecule has 1 aromatic carbocycles. The second-order valence-corrected chi connectivity index (χ2v) is 9.04. The summed E-state index contributed by atoms with van der Waals surface area (Å²) in [5.41, 5.74) is 2.03. The molecule has 7 nitrogen and oxygen atoms in total. The third kappa shape index (κ3) is 7.40. The summed E-state index contributed by atoms with van der Waals surface area (Å²) >= 11 is 1.68. The van der Waals surface area contributed by atoms with Crippen molar-refractivity contribution in [3.05, 3.63) is 34.3 Å². The number of guanidine groups is 1. The smallest absolute Gasteiger partial charge is 0.195 e. The van der Waals surface area contributed by atoms with Crippen molar-refractivity contribution >= 4 is 23.0 Å². The van der Waals surface area contributed by atoms with Gasteiger partial charge in [0.1, 0.15) is 0 Å². The summed E-state index contributed by atoms with van der Waals surface area (Å²) in [5.74, 6) is 3.12. The maximum Gasteiger partial charge on any atom is 0.195 e. The number of nitrogens with zero attached hydrogens (tertiary/aromatic N) is 2. The van der Waals surface area contributed by atoms with Crippen LogP contribution in [0.25, 0.3) is 0 Å². The van der Waals surface area contributed by atoms with Gasteiger partial charge in [-0.15, -0.1) is 11.3 Å². The number of aliphatic imine (C=N–C) groups is 1. The van der Waals surface area contributed by atoms with E-state index in [-0.39, 0.29) is 0 Å². The average Bonchev–Trinajstić information content (AvgIpc) is 3.54. The molecule has 0 radical (unpaired) electrons. The number of hydrogen-bond donors (Lipinski definition) is 2. The van der Waals surface area contributed by atoms with Crippen LogP contribution >= 0.6 is 11.3 Å². The summed E-state index contributed by atoms with van der Waals surface area (Å²) in [6, 6.07) is 5.91. The van der Waals surface area contributed by atoms with Crippen molar-refractivity contribution in [1.29, 1.82) is 0 Å². The minimum atomic E-state index is 0.670. The van der Waals surface area contributed by atoms with Gasteiger partial charge in [-0.3, -0.25) is 4.99 Å². The van der Waals surface area contributed by atoms with Gasteiger partial charge in [0.2, 0.25) is 0 Å². The molecule has 0 bridgehead atoms. The Hall–Kier alpha value is -2.32. The van der Waals surface area contributed by atoms with Crippen molar-refractivity contribution in [2.75, 3.05) is 44.8 Å². The molecular weight excluding hydrogens is 412 g/mol. The Morgan fingerprint density at radius 2 is 2.13 bits per heavy atom. The van der Waals surface area contributed by atoms with Crippen molar-refractivity contribution in [2.24, 2.45) is 10.9 Å². The second-order valence-electron chi connectivity index (χ2n) is 7.97. The van der Waals surface area contributed by atoms with Gasteiger partial charge in [0.25, 0.3) is 0 Å². The molecule has 1 aliphatic carbocycles. The zero-order chi connectivity index (χ0) is 21.3. The molecule has 8 heteroatoms. The van der Waals surface area contributed by atoms with E-state index in [1.54, 1.807) is 11.3 Å². The first-order valence-electron chi connectivity index (χ1n) is 11.2. The fourth-order valence-corrected chi connectivity index (χ4v) is 3.89. The van der Waals surface area contributed by atoms with E-state index in [1.165, 1.54) is 12.8 Å². The molecule has 1 fully saturated rings. The highest BCUT2D eigenvalue weighted by atomic mass is 32.1. The van der Waals surface area contributed by atoms with Crippen LogP contribution in [0.1, 0.15) is 36.4 Å². The standard InChI is InChI=1S/C23H32N4O3S/c1-17-26-20(16-31-17)8-10-25-23(24-9-2-11-28-15-18-4-5-18)27-19-6-7-21-22(14-19)30-13-3-12-29-21/h6-7,14,16,18H,2-5,8-13,15H2,1H3,(H2,24,25,27). The number of ether oxygens (including phenoxy) is 3. The second kappa shape index (κ2) is 11.3. The number of fused-ring (bicyclic) bond motifs is 1. The maximum atomic E-state index is 5.81. The third-order valence-electron chi connectivity index (χ3n) is 5.12. The molecule has 1 aromatic heterocycles. The van der Waals surface area contributed by atoms with E-state index >= 15 is 0 Å². The van der Waals surface area contributed by atoms with E-state index in [9.17, 15) is 0 Å². The summed E-state index contributed by atoms with van der Waals surface area (Å²) in [4.78, 5) is 9.28. The van der Waals surface area contributed by atoms with Crippen molar-refractivity contribution in [1.82, 2.24) is 10.3 Å². The first-order valence-corrected chi connectivity index (χ1v) is 12.1. The topological polar surface area (TPSA) is 77.0 Å². The summed E-state index contributed by atoms with van der Waals surface area (Å²) in [6.45, 7) is 6.52. The fraction of sp³-hybridized carbons (Fsp3) is 0.565. The lowest BCUT2D eigenvalue weighted by Crippen LogP contribution is -2.32. The van der Waals surface area contributed by atoms with E-state index in [1.807, 2.05) is 25.1 Å². The molecule has 2 heterocycles. The van der Waals surface area contributed by atoms with E-state index in [4.69, 9.17) is 19.2 Å². The average molecular weight is 445 g/mol. The molecule has 2 aromatic rings. The van der Waals surface area contributed by atoms with Crippen molar-refractivity contribution < 1.29 is 14.2 Å². The van der Waals surface area contributed by atoms with Gasteiger partial charge >= 0.3 is 0 Å². The largest absolute Gasteiger partial charge is 0.490 e. The fourth-order valence-electron chi connectivity index (χ4n) is 3.24. The molecule has 4 rings (SSSR count). The lowest BCUT2D eigenvalue weighted by molar-refractivity contribution is 0.123. The Morgan fingerprint density at radius 1 is 1.26 bits per heavy atom. The molecule has 0 atom stereocenters. The summed E-state index contributed by atoms with van der Waals surface area (Å²) in [5, 5.41) is 10.0. The van der Waals surface area contributed by atoms with Crippen molar-refractivity contribution in [2.45, 2.75) is 39.0 Å². The number of aromatic nitrogens is 1. The number of anilines is 1. The zero-order valence-corrected chi connectivity index (χ0v) is 19.0. The van der Waals surface area contributed by atoms with Crippen LogP contribution in [0.15, 0.2) is 28.6 Å². The molecule has 0 saturated heterocycles. The summed E-state index contributed by atoms with van der Waals surface area (Å²) < 4.78 is 17.3. The molecule has 0 spiro atoms. The van der Waals surface area contributed by atoms with Gasteiger partial charge in [0, 0.05) is 56.3 Å². The van der Waals surface area contributed by atoms with Crippen LogP contribution in [-0.4, -0.2) is 50.5 Å². The van der Waals surface area contributed by atoms with Crippen LogP contribution < -0.4 is 20.1 Å². The Morgan fingerprint density at radius 3 is 2.94 bits per heavy atom. The minimum Gasteiger partial charge on any atom is -0.490 e. The molecule has 168 valence electrons. The van der Waals surface area contributed by atoms with E-state index in [0.717, 1.165) is 78.8 Å². The van der Waals surface area contributed by atoms with Crippen LogP contribution in [0.3, 0.4) is 0 Å². The lowest BCUT2D eigenvalue weighted by atomic mass is 10.2. The quantitative estimate of drug-likeness (QED) is 0.327.